The van der Waals surface area contributed by atoms with Gasteiger partial charge in [0.1, 0.15) is 0 Å². The number of hydrogen-bond donors (Lipinski definition) is 1. The molecule has 0 aliphatic carbocycles. The Morgan fingerprint density at radius 1 is 1.00 bits per heavy atom. The molecule has 0 fully saturated rings. The maximum atomic E-state index is 5.31. The molecule has 17 heavy (non-hydrogen) atoms. The second-order valence-corrected chi connectivity index (χ2v) is 3.74. The molecular formula is C13H21NO3. The summed E-state index contributed by atoms with van der Waals surface area (Å²) in [6.07, 6.45) is 2.06. The fourth-order valence-corrected chi connectivity index (χ4v) is 1.75. The van der Waals surface area contributed by atoms with Gasteiger partial charge in [0.05, 0.1) is 21.3 Å². The smallest absolute Gasteiger partial charge is 0.203 e. The molecule has 1 rings (SSSR count). The molecule has 0 radical (unpaired) electrons. The second kappa shape index (κ2) is 7.01. The minimum atomic E-state index is 0.646. The third kappa shape index (κ3) is 3.53. The lowest BCUT2D eigenvalue weighted by molar-refractivity contribution is 0.323. The van der Waals surface area contributed by atoms with Crippen LogP contribution in [0.1, 0.15) is 12.0 Å². The molecule has 1 aromatic rings. The van der Waals surface area contributed by atoms with E-state index in [1.807, 2.05) is 19.2 Å². The predicted octanol–water partition coefficient (Wildman–Crippen LogP) is 1.86. The zero-order valence-corrected chi connectivity index (χ0v) is 11.0. The molecule has 0 unspecified atom stereocenters. The van der Waals surface area contributed by atoms with Crippen molar-refractivity contribution >= 4 is 0 Å². The minimum absolute atomic E-state index is 0.646. The van der Waals surface area contributed by atoms with Crippen molar-refractivity contribution in [3.05, 3.63) is 17.7 Å². The van der Waals surface area contributed by atoms with Crippen molar-refractivity contribution in [3.63, 3.8) is 0 Å². The molecule has 0 aliphatic heterocycles. The van der Waals surface area contributed by atoms with Gasteiger partial charge in [-0.2, -0.15) is 0 Å². The fourth-order valence-electron chi connectivity index (χ4n) is 1.75. The molecule has 0 heterocycles. The van der Waals surface area contributed by atoms with E-state index in [1.54, 1.807) is 21.3 Å². The van der Waals surface area contributed by atoms with Gasteiger partial charge in [-0.15, -0.1) is 0 Å². The van der Waals surface area contributed by atoms with Gasteiger partial charge in [-0.1, -0.05) is 0 Å². The molecule has 0 bridgehead atoms. The molecular weight excluding hydrogens is 218 g/mol. The lowest BCUT2D eigenvalue weighted by Crippen LogP contribution is -2.08. The van der Waals surface area contributed by atoms with Crippen molar-refractivity contribution in [2.24, 2.45) is 0 Å². The molecule has 96 valence electrons. The van der Waals surface area contributed by atoms with Gasteiger partial charge in [0.15, 0.2) is 11.5 Å². The quantitative estimate of drug-likeness (QED) is 0.737. The van der Waals surface area contributed by atoms with Crippen molar-refractivity contribution in [2.75, 3.05) is 34.9 Å². The van der Waals surface area contributed by atoms with Gasteiger partial charge in [-0.25, -0.2) is 0 Å². The second-order valence-electron chi connectivity index (χ2n) is 3.74. The van der Waals surface area contributed by atoms with Crippen LogP contribution in [0.4, 0.5) is 0 Å². The normalized spacial score (nSPS) is 10.1. The van der Waals surface area contributed by atoms with E-state index in [2.05, 4.69) is 5.32 Å². The summed E-state index contributed by atoms with van der Waals surface area (Å²) in [7, 11) is 6.83. The van der Waals surface area contributed by atoms with Gasteiger partial charge < -0.3 is 19.5 Å². The number of hydrogen-bond acceptors (Lipinski definition) is 4. The molecule has 0 saturated heterocycles. The van der Waals surface area contributed by atoms with Crippen LogP contribution in [0.15, 0.2) is 12.1 Å². The third-order valence-electron chi connectivity index (χ3n) is 2.62. The van der Waals surface area contributed by atoms with Crippen LogP contribution in [-0.2, 0) is 6.42 Å². The summed E-state index contributed by atoms with van der Waals surface area (Å²) in [5.74, 6) is 2.07. The van der Waals surface area contributed by atoms with Gasteiger partial charge in [0, 0.05) is 0 Å². The third-order valence-corrected chi connectivity index (χ3v) is 2.62. The van der Waals surface area contributed by atoms with E-state index >= 15 is 0 Å². The van der Waals surface area contributed by atoms with E-state index in [4.69, 9.17) is 14.2 Å². The number of aryl methyl sites for hydroxylation is 1. The first kappa shape index (κ1) is 13.6. The number of rotatable bonds is 7. The van der Waals surface area contributed by atoms with E-state index in [-0.39, 0.29) is 0 Å². The number of nitrogens with one attached hydrogen (secondary N) is 1. The molecule has 0 saturated carbocycles. The first-order valence-corrected chi connectivity index (χ1v) is 5.70. The minimum Gasteiger partial charge on any atom is -0.493 e. The van der Waals surface area contributed by atoms with E-state index in [0.29, 0.717) is 17.2 Å². The van der Waals surface area contributed by atoms with Gasteiger partial charge in [-0.05, 0) is 44.1 Å². The first-order chi connectivity index (χ1) is 8.26. The van der Waals surface area contributed by atoms with Crippen molar-refractivity contribution in [1.29, 1.82) is 0 Å². The molecule has 4 nitrogen and oxygen atoms in total. The van der Waals surface area contributed by atoms with Gasteiger partial charge in [0.2, 0.25) is 5.75 Å². The van der Waals surface area contributed by atoms with E-state index < -0.39 is 0 Å². The molecule has 0 spiro atoms. The predicted molar refractivity (Wildman–Crippen MR) is 68.3 cm³/mol. The number of benzene rings is 1. The molecule has 0 amide bonds. The Labute approximate surface area is 103 Å². The summed E-state index contributed by atoms with van der Waals surface area (Å²) >= 11 is 0. The standard InChI is InChI=1S/C13H21NO3/c1-14-7-5-6-10-8-11(15-2)13(17-4)12(9-10)16-3/h8-9,14H,5-7H2,1-4H3. The SMILES string of the molecule is CNCCCc1cc(OC)c(OC)c(OC)c1. The fraction of sp³-hybridized carbons (Fsp3) is 0.538. The average molecular weight is 239 g/mol. The van der Waals surface area contributed by atoms with Crippen LogP contribution in [0.5, 0.6) is 17.2 Å². The highest BCUT2D eigenvalue weighted by atomic mass is 16.5. The van der Waals surface area contributed by atoms with Crippen LogP contribution < -0.4 is 19.5 Å². The Kier molecular flexibility index (Phi) is 5.63. The Morgan fingerprint density at radius 3 is 2.00 bits per heavy atom. The number of methoxy groups -OCH3 is 3. The largest absolute Gasteiger partial charge is 0.493 e. The van der Waals surface area contributed by atoms with E-state index in [0.717, 1.165) is 19.4 Å². The van der Waals surface area contributed by atoms with E-state index in [1.165, 1.54) is 5.56 Å². The molecule has 0 aromatic heterocycles. The van der Waals surface area contributed by atoms with Crippen LogP contribution in [0, 0.1) is 0 Å². The summed E-state index contributed by atoms with van der Waals surface area (Å²) < 4.78 is 15.9. The molecule has 4 heteroatoms. The summed E-state index contributed by atoms with van der Waals surface area (Å²) in [6.45, 7) is 0.997. The van der Waals surface area contributed by atoms with Crippen molar-refractivity contribution in [1.82, 2.24) is 5.32 Å². The average Bonchev–Trinajstić information content (AvgIpc) is 2.37. The topological polar surface area (TPSA) is 39.7 Å². The van der Waals surface area contributed by atoms with Gasteiger partial charge >= 0.3 is 0 Å². The van der Waals surface area contributed by atoms with Crippen molar-refractivity contribution < 1.29 is 14.2 Å². The van der Waals surface area contributed by atoms with Crippen LogP contribution in [0.3, 0.4) is 0 Å². The zero-order chi connectivity index (χ0) is 12.7. The maximum absolute atomic E-state index is 5.31. The van der Waals surface area contributed by atoms with Crippen LogP contribution in [0.25, 0.3) is 0 Å². The monoisotopic (exact) mass is 239 g/mol. The van der Waals surface area contributed by atoms with Gasteiger partial charge in [-0.3, -0.25) is 0 Å². The lowest BCUT2D eigenvalue weighted by atomic mass is 10.1. The summed E-state index contributed by atoms with van der Waals surface area (Å²) in [5.41, 5.74) is 1.19. The Morgan fingerprint density at radius 2 is 1.59 bits per heavy atom. The summed E-state index contributed by atoms with van der Waals surface area (Å²) in [5, 5.41) is 3.13. The Bertz CT molecular complexity index is 328. The first-order valence-electron chi connectivity index (χ1n) is 5.70. The summed E-state index contributed by atoms with van der Waals surface area (Å²) in [4.78, 5) is 0. The maximum Gasteiger partial charge on any atom is 0.203 e. The lowest BCUT2D eigenvalue weighted by Gasteiger charge is -2.14. The van der Waals surface area contributed by atoms with E-state index in [9.17, 15) is 0 Å². The Hall–Kier alpha value is -1.42. The molecule has 0 atom stereocenters. The van der Waals surface area contributed by atoms with Gasteiger partial charge in [0.25, 0.3) is 0 Å². The zero-order valence-electron chi connectivity index (χ0n) is 11.0. The van der Waals surface area contributed by atoms with Crippen LogP contribution in [0.2, 0.25) is 0 Å². The number of ether oxygens (including phenoxy) is 3. The highest BCUT2D eigenvalue weighted by molar-refractivity contribution is 5.53. The molecule has 1 N–H and O–H groups in total. The van der Waals surface area contributed by atoms with Crippen molar-refractivity contribution in [3.8, 4) is 17.2 Å². The molecule has 1 aromatic carbocycles. The van der Waals surface area contributed by atoms with Crippen LogP contribution in [-0.4, -0.2) is 34.9 Å². The highest BCUT2D eigenvalue weighted by Crippen LogP contribution is 2.38. The summed E-state index contributed by atoms with van der Waals surface area (Å²) in [6, 6.07) is 3.99. The molecule has 0 aliphatic rings. The Balaban J connectivity index is 2.92. The highest BCUT2D eigenvalue weighted by Gasteiger charge is 2.12. The van der Waals surface area contributed by atoms with Crippen molar-refractivity contribution in [2.45, 2.75) is 12.8 Å². The van der Waals surface area contributed by atoms with Crippen LogP contribution >= 0.6 is 0 Å².